The monoisotopic (exact) mass is 312 g/mol. The first kappa shape index (κ1) is 18.1. The molecule has 0 heterocycles. The van der Waals surface area contributed by atoms with Crippen LogP contribution < -0.4 is 11.1 Å². The Hall–Kier alpha value is -1.91. The van der Waals surface area contributed by atoms with Gasteiger partial charge < -0.3 is 11.1 Å². The van der Waals surface area contributed by atoms with Gasteiger partial charge in [0.15, 0.2) is 0 Å². The molecular formula is C17H23F3N2. The molecule has 0 aliphatic heterocycles. The Labute approximate surface area is 129 Å². The fourth-order valence-corrected chi connectivity index (χ4v) is 2.02. The maximum Gasteiger partial charge on any atom is 0.285 e. The van der Waals surface area contributed by atoms with Crippen LogP contribution in [0.3, 0.4) is 0 Å². The Morgan fingerprint density at radius 2 is 1.95 bits per heavy atom. The van der Waals surface area contributed by atoms with Gasteiger partial charge in [0, 0.05) is 16.9 Å². The Morgan fingerprint density at radius 3 is 2.55 bits per heavy atom. The molecule has 0 fully saturated rings. The second-order valence-electron chi connectivity index (χ2n) is 5.42. The SMILES string of the molecule is C=C(NCC(F)(F)C(=C)CCCC)c1cc(N)cc(F)c1C. The molecular weight excluding hydrogens is 289 g/mol. The van der Waals surface area contributed by atoms with E-state index < -0.39 is 18.3 Å². The molecule has 0 spiro atoms. The van der Waals surface area contributed by atoms with Gasteiger partial charge in [-0.25, -0.2) is 4.39 Å². The van der Waals surface area contributed by atoms with Crippen molar-refractivity contribution in [2.24, 2.45) is 0 Å². The Balaban J connectivity index is 2.76. The van der Waals surface area contributed by atoms with Crippen LogP contribution >= 0.6 is 0 Å². The molecule has 0 aliphatic carbocycles. The predicted molar refractivity (Wildman–Crippen MR) is 86.2 cm³/mol. The van der Waals surface area contributed by atoms with Crippen molar-refractivity contribution in [1.29, 1.82) is 0 Å². The summed E-state index contributed by atoms with van der Waals surface area (Å²) in [5, 5.41) is 2.56. The van der Waals surface area contributed by atoms with Crippen LogP contribution in [0.5, 0.6) is 0 Å². The minimum Gasteiger partial charge on any atom is -0.399 e. The Kier molecular flexibility index (Phi) is 6.09. The molecule has 0 saturated heterocycles. The Bertz CT molecular complexity index is 565. The van der Waals surface area contributed by atoms with E-state index in [0.717, 1.165) is 6.42 Å². The van der Waals surface area contributed by atoms with Crippen LogP contribution in [-0.2, 0) is 0 Å². The summed E-state index contributed by atoms with van der Waals surface area (Å²) in [6.45, 7) is 10.0. The van der Waals surface area contributed by atoms with Gasteiger partial charge in [-0.05, 0) is 43.0 Å². The number of hydrogen-bond donors (Lipinski definition) is 2. The number of anilines is 1. The summed E-state index contributed by atoms with van der Waals surface area (Å²) in [4.78, 5) is 0. The highest BCUT2D eigenvalue weighted by Crippen LogP contribution is 2.28. The molecule has 0 aromatic heterocycles. The van der Waals surface area contributed by atoms with Crippen LogP contribution in [0.25, 0.3) is 5.70 Å². The Morgan fingerprint density at radius 1 is 1.32 bits per heavy atom. The lowest BCUT2D eigenvalue weighted by Gasteiger charge is -2.22. The van der Waals surface area contributed by atoms with Gasteiger partial charge in [0.25, 0.3) is 5.92 Å². The second-order valence-corrected chi connectivity index (χ2v) is 5.42. The summed E-state index contributed by atoms with van der Waals surface area (Å²) in [5.74, 6) is -3.53. The largest absolute Gasteiger partial charge is 0.399 e. The highest BCUT2D eigenvalue weighted by molar-refractivity contribution is 5.68. The quantitative estimate of drug-likeness (QED) is 0.541. The van der Waals surface area contributed by atoms with E-state index in [1.165, 1.54) is 12.1 Å². The molecule has 0 amide bonds. The van der Waals surface area contributed by atoms with Crippen LogP contribution in [-0.4, -0.2) is 12.5 Å². The normalized spacial score (nSPS) is 11.3. The fourth-order valence-electron chi connectivity index (χ4n) is 2.02. The third-order valence-corrected chi connectivity index (χ3v) is 3.56. The van der Waals surface area contributed by atoms with Crippen molar-refractivity contribution in [1.82, 2.24) is 5.32 Å². The number of hydrogen-bond acceptors (Lipinski definition) is 2. The summed E-state index contributed by atoms with van der Waals surface area (Å²) in [7, 11) is 0. The highest BCUT2D eigenvalue weighted by Gasteiger charge is 2.32. The van der Waals surface area contributed by atoms with Crippen LogP contribution in [0.2, 0.25) is 0 Å². The van der Waals surface area contributed by atoms with E-state index in [4.69, 9.17) is 5.73 Å². The molecule has 122 valence electrons. The van der Waals surface area contributed by atoms with E-state index in [9.17, 15) is 13.2 Å². The van der Waals surface area contributed by atoms with Crippen molar-refractivity contribution in [3.63, 3.8) is 0 Å². The average molecular weight is 312 g/mol. The van der Waals surface area contributed by atoms with E-state index in [-0.39, 0.29) is 23.4 Å². The molecule has 0 unspecified atom stereocenters. The minimum absolute atomic E-state index is 0.106. The molecule has 0 bridgehead atoms. The van der Waals surface area contributed by atoms with E-state index in [1.54, 1.807) is 6.92 Å². The first-order valence-corrected chi connectivity index (χ1v) is 7.24. The maximum absolute atomic E-state index is 14.0. The first-order chi connectivity index (χ1) is 10.2. The molecule has 0 radical (unpaired) electrons. The summed E-state index contributed by atoms with van der Waals surface area (Å²) in [6, 6.07) is 2.70. The van der Waals surface area contributed by atoms with E-state index in [1.807, 2.05) is 6.92 Å². The number of benzene rings is 1. The second kappa shape index (κ2) is 7.38. The van der Waals surface area contributed by atoms with Gasteiger partial charge in [0.2, 0.25) is 0 Å². The van der Waals surface area contributed by atoms with Crippen molar-refractivity contribution in [3.8, 4) is 0 Å². The van der Waals surface area contributed by atoms with Crippen molar-refractivity contribution in [2.75, 3.05) is 12.3 Å². The molecule has 0 aliphatic rings. The summed E-state index contributed by atoms with van der Waals surface area (Å²) in [5.41, 5.74) is 6.63. The number of rotatable bonds is 8. The van der Waals surface area contributed by atoms with Gasteiger partial charge in [0.05, 0.1) is 6.54 Å². The van der Waals surface area contributed by atoms with Gasteiger partial charge in [-0.2, -0.15) is 8.78 Å². The number of nitrogens with two attached hydrogens (primary N) is 1. The van der Waals surface area contributed by atoms with Crippen LogP contribution in [0.1, 0.15) is 37.3 Å². The lowest BCUT2D eigenvalue weighted by atomic mass is 10.0. The average Bonchev–Trinajstić information content (AvgIpc) is 2.45. The van der Waals surface area contributed by atoms with Crippen LogP contribution in [0.15, 0.2) is 30.9 Å². The minimum atomic E-state index is -3.04. The molecule has 2 nitrogen and oxygen atoms in total. The van der Waals surface area contributed by atoms with Crippen molar-refractivity contribution < 1.29 is 13.2 Å². The third-order valence-electron chi connectivity index (χ3n) is 3.56. The molecule has 0 atom stereocenters. The zero-order chi connectivity index (χ0) is 16.9. The van der Waals surface area contributed by atoms with E-state index in [2.05, 4.69) is 18.5 Å². The number of nitrogen functional groups attached to an aromatic ring is 1. The standard InChI is InChI=1S/C17H23F3N2/c1-5-6-7-11(2)17(19,20)10-22-13(4)15-8-14(21)9-16(18)12(15)3/h8-9,22H,2,4-7,10,21H2,1,3H3. The van der Waals surface area contributed by atoms with Gasteiger partial charge >= 0.3 is 0 Å². The van der Waals surface area contributed by atoms with Gasteiger partial charge in [-0.15, -0.1) is 0 Å². The van der Waals surface area contributed by atoms with E-state index in [0.29, 0.717) is 17.5 Å². The molecule has 1 rings (SSSR count). The molecule has 1 aromatic rings. The van der Waals surface area contributed by atoms with Crippen LogP contribution in [0, 0.1) is 12.7 Å². The number of nitrogens with one attached hydrogen (secondary N) is 1. The zero-order valence-corrected chi connectivity index (χ0v) is 13.1. The predicted octanol–water partition coefficient (Wildman–Crippen LogP) is 4.66. The zero-order valence-electron chi connectivity index (χ0n) is 13.1. The topological polar surface area (TPSA) is 38.0 Å². The van der Waals surface area contributed by atoms with Gasteiger partial charge in [-0.1, -0.05) is 26.5 Å². The first-order valence-electron chi connectivity index (χ1n) is 7.24. The molecule has 22 heavy (non-hydrogen) atoms. The van der Waals surface area contributed by atoms with Crippen LogP contribution in [0.4, 0.5) is 18.9 Å². The summed E-state index contributed by atoms with van der Waals surface area (Å²) < 4.78 is 41.6. The van der Waals surface area contributed by atoms with Crippen molar-refractivity contribution in [3.05, 3.63) is 47.8 Å². The third kappa shape index (κ3) is 4.55. The molecule has 0 saturated carbocycles. The lowest BCUT2D eigenvalue weighted by Crippen LogP contribution is -2.33. The van der Waals surface area contributed by atoms with Gasteiger partial charge in [-0.3, -0.25) is 0 Å². The van der Waals surface area contributed by atoms with Crippen molar-refractivity contribution >= 4 is 11.4 Å². The summed E-state index contributed by atoms with van der Waals surface area (Å²) in [6.07, 6.45) is 1.79. The number of unbranched alkanes of at least 4 members (excludes halogenated alkanes) is 1. The molecule has 1 aromatic carbocycles. The smallest absolute Gasteiger partial charge is 0.285 e. The highest BCUT2D eigenvalue weighted by atomic mass is 19.3. The maximum atomic E-state index is 14.0. The summed E-state index contributed by atoms with van der Waals surface area (Å²) >= 11 is 0. The molecule has 5 heteroatoms. The molecule has 3 N–H and O–H groups in total. The fraction of sp³-hybridized carbons (Fsp3) is 0.412. The van der Waals surface area contributed by atoms with E-state index >= 15 is 0 Å². The van der Waals surface area contributed by atoms with Crippen molar-refractivity contribution in [2.45, 2.75) is 39.0 Å². The number of alkyl halides is 2. The number of halogens is 3. The van der Waals surface area contributed by atoms with Gasteiger partial charge in [0.1, 0.15) is 5.82 Å². The lowest BCUT2D eigenvalue weighted by molar-refractivity contribution is 0.0427.